The van der Waals surface area contributed by atoms with Crippen LogP contribution in [0.4, 0.5) is 0 Å². The first-order chi connectivity index (χ1) is 10.9. The molecule has 0 radical (unpaired) electrons. The zero-order chi connectivity index (χ0) is 16.9. The summed E-state index contributed by atoms with van der Waals surface area (Å²) in [5, 5.41) is 3.29. The van der Waals surface area contributed by atoms with E-state index >= 15 is 0 Å². The number of hydrogen-bond donors (Lipinski definition) is 1. The molecule has 23 heavy (non-hydrogen) atoms. The Morgan fingerprint density at radius 3 is 2.87 bits per heavy atom. The molecule has 2 rings (SSSR count). The van der Waals surface area contributed by atoms with Crippen molar-refractivity contribution < 1.29 is 13.2 Å². The van der Waals surface area contributed by atoms with Gasteiger partial charge in [-0.3, -0.25) is 4.99 Å². The van der Waals surface area contributed by atoms with Gasteiger partial charge in [0.05, 0.1) is 23.7 Å². The largest absolute Gasteiger partial charge is 0.377 e. The van der Waals surface area contributed by atoms with E-state index < -0.39 is 14.6 Å². The average molecular weight is 343 g/mol. The van der Waals surface area contributed by atoms with E-state index in [1.165, 1.54) is 5.57 Å². The predicted molar refractivity (Wildman–Crippen MR) is 93.6 cm³/mol. The highest BCUT2D eigenvalue weighted by molar-refractivity contribution is 7.92. The number of nitrogens with one attached hydrogen (secondary N) is 1. The molecule has 0 spiro atoms. The van der Waals surface area contributed by atoms with Gasteiger partial charge in [0.1, 0.15) is 0 Å². The predicted octanol–water partition coefficient (Wildman–Crippen LogP) is 1.20. The minimum absolute atomic E-state index is 0.187. The van der Waals surface area contributed by atoms with Crippen molar-refractivity contribution in [2.75, 3.05) is 45.1 Å². The fourth-order valence-electron chi connectivity index (χ4n) is 2.85. The van der Waals surface area contributed by atoms with Crippen LogP contribution in [-0.4, -0.2) is 69.2 Å². The Morgan fingerprint density at radius 1 is 1.48 bits per heavy atom. The van der Waals surface area contributed by atoms with Crippen LogP contribution in [0.5, 0.6) is 0 Å². The molecule has 1 fully saturated rings. The second-order valence-corrected chi connectivity index (χ2v) is 9.42. The van der Waals surface area contributed by atoms with Gasteiger partial charge in [0.15, 0.2) is 15.8 Å². The van der Waals surface area contributed by atoms with E-state index in [9.17, 15) is 8.42 Å². The monoisotopic (exact) mass is 343 g/mol. The summed E-state index contributed by atoms with van der Waals surface area (Å²) in [5.74, 6) is 1.01. The van der Waals surface area contributed by atoms with Crippen LogP contribution in [0.1, 0.15) is 33.6 Å². The highest BCUT2D eigenvalue weighted by Crippen LogP contribution is 2.23. The molecular weight excluding hydrogens is 314 g/mol. The van der Waals surface area contributed by atoms with Crippen LogP contribution in [0, 0.1) is 0 Å². The standard InChI is InChI=1S/C16H29N3O3S/c1-4-17-15(18-8-5-14-6-10-22-11-7-14)19-9-12-23(20,21)16(2,3)13-19/h6H,4-5,7-13H2,1-3H3,(H,17,18). The highest BCUT2D eigenvalue weighted by Gasteiger charge is 2.40. The Labute approximate surface area is 139 Å². The minimum atomic E-state index is -3.03. The zero-order valence-electron chi connectivity index (χ0n) is 14.5. The summed E-state index contributed by atoms with van der Waals surface area (Å²) in [4.78, 5) is 6.77. The second-order valence-electron chi connectivity index (χ2n) is 6.67. The molecule has 0 atom stereocenters. The molecule has 2 aliphatic rings. The third kappa shape index (κ3) is 4.70. The summed E-state index contributed by atoms with van der Waals surface area (Å²) >= 11 is 0. The van der Waals surface area contributed by atoms with Gasteiger partial charge >= 0.3 is 0 Å². The van der Waals surface area contributed by atoms with Crippen molar-refractivity contribution in [2.24, 2.45) is 4.99 Å². The topological polar surface area (TPSA) is 71.0 Å². The average Bonchev–Trinajstić information content (AvgIpc) is 2.50. The van der Waals surface area contributed by atoms with Crippen LogP contribution >= 0.6 is 0 Å². The molecule has 0 bridgehead atoms. The van der Waals surface area contributed by atoms with Gasteiger partial charge in [0.2, 0.25) is 0 Å². The molecule has 132 valence electrons. The first-order valence-corrected chi connectivity index (χ1v) is 10.0. The Morgan fingerprint density at radius 2 is 2.26 bits per heavy atom. The lowest BCUT2D eigenvalue weighted by molar-refractivity contribution is 0.153. The molecule has 2 heterocycles. The van der Waals surface area contributed by atoms with Crippen LogP contribution in [0.15, 0.2) is 16.6 Å². The Balaban J connectivity index is 2.00. The third-order valence-electron chi connectivity index (χ3n) is 4.43. The van der Waals surface area contributed by atoms with Gasteiger partial charge in [0, 0.05) is 26.2 Å². The number of ether oxygens (including phenoxy) is 1. The zero-order valence-corrected chi connectivity index (χ0v) is 15.3. The normalized spacial score (nSPS) is 24.2. The van der Waals surface area contributed by atoms with Crippen molar-refractivity contribution in [3.8, 4) is 0 Å². The molecule has 7 heteroatoms. The van der Waals surface area contributed by atoms with Crippen LogP contribution in [0.25, 0.3) is 0 Å². The van der Waals surface area contributed by atoms with Crippen molar-refractivity contribution in [3.05, 3.63) is 11.6 Å². The molecule has 0 aromatic carbocycles. The number of nitrogens with zero attached hydrogens (tertiary/aromatic N) is 2. The first-order valence-electron chi connectivity index (χ1n) is 8.37. The number of hydrogen-bond acceptors (Lipinski definition) is 4. The fraction of sp³-hybridized carbons (Fsp3) is 0.812. The molecule has 0 amide bonds. The Hall–Kier alpha value is -1.08. The summed E-state index contributed by atoms with van der Waals surface area (Å²) in [5.41, 5.74) is 1.40. The van der Waals surface area contributed by atoms with E-state index in [-0.39, 0.29) is 5.75 Å². The highest BCUT2D eigenvalue weighted by atomic mass is 32.2. The maximum Gasteiger partial charge on any atom is 0.194 e. The van der Waals surface area contributed by atoms with E-state index in [0.717, 1.165) is 38.5 Å². The smallest absolute Gasteiger partial charge is 0.194 e. The van der Waals surface area contributed by atoms with Crippen molar-refractivity contribution in [1.29, 1.82) is 0 Å². The van der Waals surface area contributed by atoms with Crippen LogP contribution < -0.4 is 5.32 Å². The van der Waals surface area contributed by atoms with Gasteiger partial charge in [-0.25, -0.2) is 8.42 Å². The van der Waals surface area contributed by atoms with Gasteiger partial charge in [0.25, 0.3) is 0 Å². The molecular formula is C16H29N3O3S. The van der Waals surface area contributed by atoms with E-state index in [1.807, 2.05) is 6.92 Å². The van der Waals surface area contributed by atoms with Gasteiger partial charge < -0.3 is 15.0 Å². The van der Waals surface area contributed by atoms with Gasteiger partial charge in [-0.2, -0.15) is 0 Å². The Bertz CT molecular complexity index is 567. The summed E-state index contributed by atoms with van der Waals surface area (Å²) in [6.07, 6.45) is 4.07. The molecule has 0 aliphatic carbocycles. The molecule has 6 nitrogen and oxygen atoms in total. The van der Waals surface area contributed by atoms with Gasteiger partial charge in [-0.05, 0) is 33.6 Å². The number of guanidine groups is 1. The van der Waals surface area contributed by atoms with E-state index in [4.69, 9.17) is 9.73 Å². The number of sulfone groups is 1. The lowest BCUT2D eigenvalue weighted by atomic mass is 10.1. The molecule has 1 N–H and O–H groups in total. The second kappa shape index (κ2) is 7.66. The Kier molecular flexibility index (Phi) is 6.08. The van der Waals surface area contributed by atoms with Crippen molar-refractivity contribution >= 4 is 15.8 Å². The molecule has 1 saturated heterocycles. The lowest BCUT2D eigenvalue weighted by Gasteiger charge is -2.39. The van der Waals surface area contributed by atoms with Crippen LogP contribution in [-0.2, 0) is 14.6 Å². The van der Waals surface area contributed by atoms with Gasteiger partial charge in [-0.1, -0.05) is 11.6 Å². The lowest BCUT2D eigenvalue weighted by Crippen LogP contribution is -2.57. The van der Waals surface area contributed by atoms with Gasteiger partial charge in [-0.15, -0.1) is 0 Å². The molecule has 0 unspecified atom stereocenters. The molecule has 0 aromatic heterocycles. The fourth-order valence-corrected chi connectivity index (χ4v) is 4.21. The van der Waals surface area contributed by atoms with Crippen LogP contribution in [0.3, 0.4) is 0 Å². The van der Waals surface area contributed by atoms with Crippen molar-refractivity contribution in [2.45, 2.75) is 38.4 Å². The number of aliphatic imine (C=N–C) groups is 1. The maximum atomic E-state index is 12.1. The minimum Gasteiger partial charge on any atom is -0.377 e. The van der Waals surface area contributed by atoms with E-state index in [2.05, 4.69) is 16.3 Å². The quantitative estimate of drug-likeness (QED) is 0.472. The molecule has 0 saturated carbocycles. The first kappa shape index (κ1) is 18.3. The van der Waals surface area contributed by atoms with Crippen LogP contribution in [0.2, 0.25) is 0 Å². The number of rotatable bonds is 4. The summed E-state index contributed by atoms with van der Waals surface area (Å²) in [6.45, 7) is 9.62. The molecule has 2 aliphatic heterocycles. The SMILES string of the molecule is CCNC(=NCCC1=CCOCC1)N1CCS(=O)(=O)C(C)(C)C1. The maximum absolute atomic E-state index is 12.1. The summed E-state index contributed by atoms with van der Waals surface area (Å²) in [7, 11) is -3.03. The van der Waals surface area contributed by atoms with Crippen molar-refractivity contribution in [3.63, 3.8) is 0 Å². The summed E-state index contributed by atoms with van der Waals surface area (Å²) < 4.78 is 28.9. The van der Waals surface area contributed by atoms with E-state index in [1.54, 1.807) is 13.8 Å². The summed E-state index contributed by atoms with van der Waals surface area (Å²) in [6, 6.07) is 0. The van der Waals surface area contributed by atoms with Crippen molar-refractivity contribution in [1.82, 2.24) is 10.2 Å². The van der Waals surface area contributed by atoms with E-state index in [0.29, 0.717) is 19.7 Å². The third-order valence-corrected chi connectivity index (χ3v) is 6.96. The molecule has 0 aromatic rings.